The molecular formula is C24H28N4O3S. The van der Waals surface area contributed by atoms with Gasteiger partial charge >= 0.3 is 0 Å². The maximum Gasteiger partial charge on any atom is 0.240 e. The number of nitrogens with one attached hydrogen (secondary N) is 2. The molecule has 2 N–H and O–H groups in total. The Kier molecular flexibility index (Phi) is 7.02. The minimum Gasteiger partial charge on any atom is -0.497 e. The first-order valence-electron chi connectivity index (χ1n) is 10.9. The van der Waals surface area contributed by atoms with Gasteiger partial charge in [-0.1, -0.05) is 25.0 Å². The summed E-state index contributed by atoms with van der Waals surface area (Å²) in [5.74, 6) is 1.50. The van der Waals surface area contributed by atoms with Crippen LogP contribution in [0.3, 0.4) is 0 Å². The lowest BCUT2D eigenvalue weighted by Crippen LogP contribution is -2.32. The molecule has 168 valence electrons. The van der Waals surface area contributed by atoms with E-state index in [2.05, 4.69) is 20.2 Å². The second kappa shape index (κ2) is 10.1. The summed E-state index contributed by atoms with van der Waals surface area (Å²) in [5, 5.41) is 11.8. The van der Waals surface area contributed by atoms with Crippen LogP contribution >= 0.6 is 0 Å². The van der Waals surface area contributed by atoms with Crippen LogP contribution in [0, 0.1) is 0 Å². The molecule has 0 radical (unpaired) electrons. The molecule has 0 bridgehead atoms. The smallest absolute Gasteiger partial charge is 0.240 e. The largest absolute Gasteiger partial charge is 0.497 e. The van der Waals surface area contributed by atoms with Crippen LogP contribution < -0.4 is 14.8 Å². The van der Waals surface area contributed by atoms with Crippen LogP contribution in [0.25, 0.3) is 11.3 Å². The van der Waals surface area contributed by atoms with Crippen molar-refractivity contribution in [2.45, 2.75) is 43.0 Å². The number of aromatic nitrogens is 2. The van der Waals surface area contributed by atoms with E-state index in [1.807, 2.05) is 48.5 Å². The third kappa shape index (κ3) is 5.63. The van der Waals surface area contributed by atoms with Gasteiger partial charge in [-0.25, -0.2) is 13.1 Å². The molecule has 0 amide bonds. The van der Waals surface area contributed by atoms with E-state index in [-0.39, 0.29) is 6.04 Å². The molecule has 1 aliphatic carbocycles. The highest BCUT2D eigenvalue weighted by molar-refractivity contribution is 7.89. The topological polar surface area (TPSA) is 93.2 Å². The van der Waals surface area contributed by atoms with Crippen LogP contribution in [0.5, 0.6) is 5.75 Å². The molecule has 8 heteroatoms. The average molecular weight is 453 g/mol. The highest BCUT2D eigenvalue weighted by atomic mass is 32.2. The summed E-state index contributed by atoms with van der Waals surface area (Å²) >= 11 is 0. The van der Waals surface area contributed by atoms with E-state index in [0.29, 0.717) is 17.3 Å². The van der Waals surface area contributed by atoms with Crippen molar-refractivity contribution < 1.29 is 13.2 Å². The van der Waals surface area contributed by atoms with Gasteiger partial charge in [-0.05, 0) is 73.4 Å². The molecule has 0 aliphatic heterocycles. The van der Waals surface area contributed by atoms with Crippen LogP contribution in [0.4, 0.5) is 5.82 Å². The molecule has 0 spiro atoms. The third-order valence-electron chi connectivity index (χ3n) is 5.68. The molecule has 0 unspecified atom stereocenters. The normalized spacial score (nSPS) is 14.4. The Hall–Kier alpha value is -2.97. The Labute approximate surface area is 189 Å². The first kappa shape index (κ1) is 22.2. The van der Waals surface area contributed by atoms with Crippen molar-refractivity contribution in [3.63, 3.8) is 0 Å². The van der Waals surface area contributed by atoms with Crippen molar-refractivity contribution in [2.75, 3.05) is 19.0 Å². The summed E-state index contributed by atoms with van der Waals surface area (Å²) in [7, 11) is -1.81. The maximum atomic E-state index is 12.5. The van der Waals surface area contributed by atoms with Crippen LogP contribution in [0.2, 0.25) is 0 Å². The minimum atomic E-state index is -3.45. The SMILES string of the molecule is COc1ccc(-c2ccc(NCCc3ccc(S(=O)(=O)NC4CCCC4)cc3)nn2)cc1. The standard InChI is InChI=1S/C24H28N4O3S/c1-31-21-10-8-19(9-11-21)23-14-15-24(27-26-23)25-17-16-18-6-12-22(13-7-18)32(29,30)28-20-4-2-3-5-20/h6-15,20,28H,2-5,16-17H2,1H3,(H,25,27). The Balaban J connectivity index is 1.28. The van der Waals surface area contributed by atoms with Crippen LogP contribution in [-0.2, 0) is 16.4 Å². The van der Waals surface area contributed by atoms with E-state index >= 15 is 0 Å². The maximum absolute atomic E-state index is 12.5. The number of anilines is 1. The van der Waals surface area contributed by atoms with E-state index in [9.17, 15) is 8.42 Å². The molecule has 1 saturated carbocycles. The lowest BCUT2D eigenvalue weighted by molar-refractivity contribution is 0.415. The van der Waals surface area contributed by atoms with Gasteiger partial charge in [0.1, 0.15) is 11.6 Å². The summed E-state index contributed by atoms with van der Waals surface area (Å²) < 4.78 is 33.0. The average Bonchev–Trinajstić information content (AvgIpc) is 3.32. The molecule has 3 aromatic rings. The second-order valence-corrected chi connectivity index (χ2v) is 9.67. The molecule has 32 heavy (non-hydrogen) atoms. The van der Waals surface area contributed by atoms with Crippen LogP contribution in [0.1, 0.15) is 31.2 Å². The van der Waals surface area contributed by atoms with Crippen molar-refractivity contribution in [1.82, 2.24) is 14.9 Å². The Bertz CT molecular complexity index is 1110. The van der Waals surface area contributed by atoms with Gasteiger partial charge in [-0.2, -0.15) is 0 Å². The fraction of sp³-hybridized carbons (Fsp3) is 0.333. The summed E-state index contributed by atoms with van der Waals surface area (Å²) in [6.45, 7) is 0.670. The zero-order valence-corrected chi connectivity index (χ0v) is 18.9. The second-order valence-electron chi connectivity index (χ2n) is 7.96. The summed E-state index contributed by atoms with van der Waals surface area (Å²) in [4.78, 5) is 0.320. The number of rotatable bonds is 9. The summed E-state index contributed by atoms with van der Waals surface area (Å²) in [5.41, 5.74) is 2.82. The third-order valence-corrected chi connectivity index (χ3v) is 7.22. The summed E-state index contributed by atoms with van der Waals surface area (Å²) in [6, 6.07) is 18.7. The Morgan fingerprint density at radius 2 is 1.66 bits per heavy atom. The number of nitrogens with zero attached hydrogens (tertiary/aromatic N) is 2. The van der Waals surface area contributed by atoms with Gasteiger partial charge in [0.2, 0.25) is 10.0 Å². The number of hydrogen-bond acceptors (Lipinski definition) is 6. The number of benzene rings is 2. The molecule has 1 aromatic heterocycles. The molecule has 7 nitrogen and oxygen atoms in total. The van der Waals surface area contributed by atoms with Crippen molar-refractivity contribution in [3.05, 3.63) is 66.2 Å². The lowest BCUT2D eigenvalue weighted by Gasteiger charge is -2.13. The van der Waals surface area contributed by atoms with E-state index < -0.39 is 10.0 Å². The van der Waals surface area contributed by atoms with Gasteiger partial charge in [0.05, 0.1) is 17.7 Å². The number of sulfonamides is 1. The molecule has 4 rings (SSSR count). The van der Waals surface area contributed by atoms with Crippen molar-refractivity contribution in [2.24, 2.45) is 0 Å². The number of methoxy groups -OCH3 is 1. The first-order valence-corrected chi connectivity index (χ1v) is 12.4. The van der Waals surface area contributed by atoms with E-state index in [4.69, 9.17) is 4.74 Å². The first-order chi connectivity index (χ1) is 15.5. The van der Waals surface area contributed by atoms with Gasteiger partial charge < -0.3 is 10.1 Å². The fourth-order valence-electron chi connectivity index (χ4n) is 3.84. The zero-order chi connectivity index (χ0) is 22.4. The molecule has 1 fully saturated rings. The monoisotopic (exact) mass is 452 g/mol. The van der Waals surface area contributed by atoms with Crippen LogP contribution in [0.15, 0.2) is 65.6 Å². The highest BCUT2D eigenvalue weighted by Crippen LogP contribution is 2.22. The molecule has 0 atom stereocenters. The van der Waals surface area contributed by atoms with Gasteiger partial charge in [0.15, 0.2) is 0 Å². The molecule has 1 aliphatic rings. The van der Waals surface area contributed by atoms with Gasteiger partial charge in [0.25, 0.3) is 0 Å². The lowest BCUT2D eigenvalue weighted by atomic mass is 10.1. The molecule has 0 saturated heterocycles. The number of hydrogen-bond donors (Lipinski definition) is 2. The molecule has 2 aromatic carbocycles. The Morgan fingerprint density at radius 1 is 0.938 bits per heavy atom. The van der Waals surface area contributed by atoms with Crippen molar-refractivity contribution in [1.29, 1.82) is 0 Å². The van der Waals surface area contributed by atoms with Gasteiger partial charge in [0, 0.05) is 18.2 Å². The summed E-state index contributed by atoms with van der Waals surface area (Å²) in [6.07, 6.45) is 4.78. The predicted octanol–water partition coefficient (Wildman–Crippen LogP) is 4.03. The minimum absolute atomic E-state index is 0.0705. The molecule has 1 heterocycles. The van der Waals surface area contributed by atoms with Gasteiger partial charge in [-0.15, -0.1) is 10.2 Å². The van der Waals surface area contributed by atoms with E-state index in [1.165, 1.54) is 0 Å². The van der Waals surface area contributed by atoms with Crippen molar-refractivity contribution >= 4 is 15.8 Å². The highest BCUT2D eigenvalue weighted by Gasteiger charge is 2.22. The van der Waals surface area contributed by atoms with Crippen molar-refractivity contribution in [3.8, 4) is 17.0 Å². The number of ether oxygens (including phenoxy) is 1. The van der Waals surface area contributed by atoms with Crippen LogP contribution in [-0.4, -0.2) is 38.3 Å². The zero-order valence-electron chi connectivity index (χ0n) is 18.1. The quantitative estimate of drug-likeness (QED) is 0.509. The van der Waals surface area contributed by atoms with E-state index in [1.54, 1.807) is 19.2 Å². The van der Waals surface area contributed by atoms with Gasteiger partial charge in [-0.3, -0.25) is 0 Å². The van der Waals surface area contributed by atoms with E-state index in [0.717, 1.165) is 54.7 Å². The Morgan fingerprint density at radius 3 is 2.28 bits per heavy atom. The fourth-order valence-corrected chi connectivity index (χ4v) is 5.15. The molecular weight excluding hydrogens is 424 g/mol. The predicted molar refractivity (Wildman–Crippen MR) is 125 cm³/mol.